The molecule has 0 amide bonds. The van der Waals surface area contributed by atoms with Crippen molar-refractivity contribution in [3.05, 3.63) is 29.1 Å². The highest BCUT2D eigenvalue weighted by Gasteiger charge is 2.26. The molecule has 1 atom stereocenters. The number of rotatable bonds is 7. The Balaban J connectivity index is 1.50. The summed E-state index contributed by atoms with van der Waals surface area (Å²) in [6, 6.07) is 0.163. The first kappa shape index (κ1) is 18.1. The molecule has 1 aliphatic rings. The van der Waals surface area contributed by atoms with Crippen LogP contribution in [-0.4, -0.2) is 51.1 Å². The zero-order valence-corrected chi connectivity index (χ0v) is 15.8. The molecule has 2 aromatic rings. The summed E-state index contributed by atoms with van der Waals surface area (Å²) in [5.41, 5.74) is 0.984. The molecule has 0 spiro atoms. The zero-order valence-electron chi connectivity index (χ0n) is 15.8. The number of unbranched alkanes of at least 4 members (excludes halogenated alkanes) is 1. The highest BCUT2D eigenvalue weighted by molar-refractivity contribution is 5.05. The molecule has 7 heteroatoms. The minimum Gasteiger partial charge on any atom is -0.444 e. The Morgan fingerprint density at radius 2 is 1.88 bits per heavy atom. The van der Waals surface area contributed by atoms with Crippen molar-refractivity contribution >= 4 is 0 Å². The molecule has 25 heavy (non-hydrogen) atoms. The van der Waals surface area contributed by atoms with Crippen LogP contribution >= 0.6 is 0 Å². The smallest absolute Gasteiger partial charge is 0.243 e. The van der Waals surface area contributed by atoms with Crippen molar-refractivity contribution in [2.45, 2.75) is 59.5 Å². The first-order valence-electron chi connectivity index (χ1n) is 9.28. The zero-order chi connectivity index (χ0) is 17.8. The topological polar surface area (TPSA) is 71.4 Å². The van der Waals surface area contributed by atoms with Crippen molar-refractivity contribution in [2.75, 3.05) is 26.2 Å². The van der Waals surface area contributed by atoms with Crippen LogP contribution in [0.2, 0.25) is 0 Å². The van der Waals surface area contributed by atoms with E-state index < -0.39 is 0 Å². The lowest BCUT2D eigenvalue weighted by atomic mass is 10.2. The van der Waals surface area contributed by atoms with Gasteiger partial charge in [-0.15, -0.1) is 0 Å². The average Bonchev–Trinajstić information content (AvgIpc) is 3.20. The molecule has 2 aromatic heterocycles. The maximum Gasteiger partial charge on any atom is 0.243 e. The third-order valence-corrected chi connectivity index (χ3v) is 4.98. The van der Waals surface area contributed by atoms with Gasteiger partial charge in [-0.05, 0) is 27.2 Å². The number of aryl methyl sites for hydroxylation is 3. The van der Waals surface area contributed by atoms with E-state index in [-0.39, 0.29) is 6.04 Å². The van der Waals surface area contributed by atoms with Crippen LogP contribution in [0.25, 0.3) is 0 Å². The van der Waals surface area contributed by atoms with Gasteiger partial charge in [0.2, 0.25) is 11.8 Å². The molecule has 1 saturated heterocycles. The van der Waals surface area contributed by atoms with E-state index in [1.807, 2.05) is 13.8 Å². The first-order chi connectivity index (χ1) is 12.1. The molecule has 0 aliphatic carbocycles. The quantitative estimate of drug-likeness (QED) is 0.762. The molecular weight excluding hydrogens is 318 g/mol. The first-order valence-corrected chi connectivity index (χ1v) is 9.28. The lowest BCUT2D eigenvalue weighted by Gasteiger charge is -2.36. The molecule has 0 aromatic carbocycles. The molecule has 0 radical (unpaired) electrons. The SMILES string of the molecule is CCCCc1noc([C@@H](C)N2CCN(Cc3nc(C)c(C)o3)CC2)n1. The van der Waals surface area contributed by atoms with Gasteiger partial charge in [0.25, 0.3) is 0 Å². The van der Waals surface area contributed by atoms with E-state index in [2.05, 4.69) is 38.8 Å². The Kier molecular flexibility index (Phi) is 5.86. The van der Waals surface area contributed by atoms with Crippen molar-refractivity contribution < 1.29 is 8.94 Å². The van der Waals surface area contributed by atoms with Gasteiger partial charge in [0.05, 0.1) is 18.3 Å². The van der Waals surface area contributed by atoms with Crippen LogP contribution in [0.5, 0.6) is 0 Å². The molecule has 3 rings (SSSR count). The van der Waals surface area contributed by atoms with Gasteiger partial charge in [-0.1, -0.05) is 18.5 Å². The van der Waals surface area contributed by atoms with Gasteiger partial charge in [0.1, 0.15) is 5.76 Å². The summed E-state index contributed by atoms with van der Waals surface area (Å²) < 4.78 is 11.2. The lowest BCUT2D eigenvalue weighted by Crippen LogP contribution is -2.46. The van der Waals surface area contributed by atoms with E-state index in [4.69, 9.17) is 8.94 Å². The molecule has 7 nitrogen and oxygen atoms in total. The van der Waals surface area contributed by atoms with E-state index in [9.17, 15) is 0 Å². The van der Waals surface area contributed by atoms with E-state index in [1.54, 1.807) is 0 Å². The third-order valence-electron chi connectivity index (χ3n) is 4.98. The lowest BCUT2D eigenvalue weighted by molar-refractivity contribution is 0.0796. The van der Waals surface area contributed by atoms with Crippen LogP contribution in [0.15, 0.2) is 8.94 Å². The summed E-state index contributed by atoms with van der Waals surface area (Å²) in [7, 11) is 0. The van der Waals surface area contributed by atoms with Crippen LogP contribution in [0.1, 0.15) is 61.8 Å². The molecule has 0 saturated carbocycles. The minimum absolute atomic E-state index is 0.163. The molecule has 138 valence electrons. The van der Waals surface area contributed by atoms with Gasteiger partial charge in [0, 0.05) is 32.6 Å². The fraction of sp³-hybridized carbons (Fsp3) is 0.722. The molecule has 1 aliphatic heterocycles. The number of aromatic nitrogens is 3. The second-order valence-corrected chi connectivity index (χ2v) is 6.89. The van der Waals surface area contributed by atoms with Gasteiger partial charge >= 0.3 is 0 Å². The van der Waals surface area contributed by atoms with E-state index >= 15 is 0 Å². The fourth-order valence-electron chi connectivity index (χ4n) is 3.14. The monoisotopic (exact) mass is 347 g/mol. The van der Waals surface area contributed by atoms with Crippen LogP contribution in [0.3, 0.4) is 0 Å². The van der Waals surface area contributed by atoms with Crippen LogP contribution in [-0.2, 0) is 13.0 Å². The Labute approximate surface area is 149 Å². The standard InChI is InChI=1S/C18H29N5O2/c1-5-6-7-16-20-18(25-21-16)14(3)23-10-8-22(9-11-23)12-17-19-13(2)15(4)24-17/h14H,5-12H2,1-4H3/t14-/m1/s1. The number of nitrogens with zero attached hydrogens (tertiary/aromatic N) is 5. The highest BCUT2D eigenvalue weighted by Crippen LogP contribution is 2.21. The molecule has 0 unspecified atom stereocenters. The van der Waals surface area contributed by atoms with E-state index in [0.29, 0.717) is 0 Å². The Hall–Kier alpha value is -1.73. The molecular formula is C18H29N5O2. The summed E-state index contributed by atoms with van der Waals surface area (Å²) in [6.07, 6.45) is 3.15. The maximum absolute atomic E-state index is 5.70. The molecule has 1 fully saturated rings. The maximum atomic E-state index is 5.70. The molecule has 0 bridgehead atoms. The van der Waals surface area contributed by atoms with Crippen molar-refractivity contribution in [3.8, 4) is 0 Å². The van der Waals surface area contributed by atoms with E-state index in [1.165, 1.54) is 0 Å². The summed E-state index contributed by atoms with van der Waals surface area (Å²) in [6.45, 7) is 13.0. The third kappa shape index (κ3) is 4.46. The Morgan fingerprint density at radius 3 is 2.52 bits per heavy atom. The second-order valence-electron chi connectivity index (χ2n) is 6.89. The number of hydrogen-bond acceptors (Lipinski definition) is 7. The van der Waals surface area contributed by atoms with Gasteiger partial charge in [-0.3, -0.25) is 9.80 Å². The van der Waals surface area contributed by atoms with Crippen molar-refractivity contribution in [1.82, 2.24) is 24.9 Å². The number of piperazine rings is 1. The van der Waals surface area contributed by atoms with Gasteiger partial charge in [-0.2, -0.15) is 4.98 Å². The number of oxazole rings is 1. The summed E-state index contributed by atoms with van der Waals surface area (Å²) in [5, 5.41) is 4.11. The van der Waals surface area contributed by atoms with E-state index in [0.717, 1.165) is 81.0 Å². The van der Waals surface area contributed by atoms with Crippen LogP contribution in [0, 0.1) is 13.8 Å². The summed E-state index contributed by atoms with van der Waals surface area (Å²) in [4.78, 5) is 13.8. The average molecular weight is 347 g/mol. The van der Waals surface area contributed by atoms with Crippen molar-refractivity contribution in [2.24, 2.45) is 0 Å². The van der Waals surface area contributed by atoms with Crippen molar-refractivity contribution in [1.29, 1.82) is 0 Å². The summed E-state index contributed by atoms with van der Waals surface area (Å²) in [5.74, 6) is 3.29. The summed E-state index contributed by atoms with van der Waals surface area (Å²) >= 11 is 0. The minimum atomic E-state index is 0.163. The number of hydrogen-bond donors (Lipinski definition) is 0. The molecule has 3 heterocycles. The van der Waals surface area contributed by atoms with Gasteiger partial charge < -0.3 is 8.94 Å². The van der Waals surface area contributed by atoms with Crippen molar-refractivity contribution in [3.63, 3.8) is 0 Å². The molecule has 0 N–H and O–H groups in total. The van der Waals surface area contributed by atoms with Crippen LogP contribution < -0.4 is 0 Å². The predicted molar refractivity (Wildman–Crippen MR) is 94.2 cm³/mol. The fourth-order valence-corrected chi connectivity index (χ4v) is 3.14. The second kappa shape index (κ2) is 8.10. The predicted octanol–water partition coefficient (Wildman–Crippen LogP) is 2.90. The normalized spacial score (nSPS) is 17.9. The van der Waals surface area contributed by atoms with Gasteiger partial charge in [-0.25, -0.2) is 4.98 Å². The Morgan fingerprint density at radius 1 is 1.12 bits per heavy atom. The van der Waals surface area contributed by atoms with Crippen LogP contribution in [0.4, 0.5) is 0 Å². The Bertz CT molecular complexity index is 653. The largest absolute Gasteiger partial charge is 0.444 e. The van der Waals surface area contributed by atoms with Gasteiger partial charge in [0.15, 0.2) is 5.82 Å². The highest BCUT2D eigenvalue weighted by atomic mass is 16.5.